The lowest BCUT2D eigenvalue weighted by Crippen LogP contribution is -2.02. The van der Waals surface area contributed by atoms with Crippen LogP contribution in [0.4, 0.5) is 0 Å². The van der Waals surface area contributed by atoms with Gasteiger partial charge in [-0.15, -0.1) is 0 Å². The van der Waals surface area contributed by atoms with Gasteiger partial charge in [-0.1, -0.05) is 19.1 Å². The smallest absolute Gasteiger partial charge is 0.133 e. The number of ketones is 1. The first-order chi connectivity index (χ1) is 4.83. The molecule has 0 fully saturated rings. The molecule has 1 aliphatic rings. The lowest BCUT2D eigenvalue weighted by Gasteiger charge is -2.03. The summed E-state index contributed by atoms with van der Waals surface area (Å²) in [6.45, 7) is 1.93. The van der Waals surface area contributed by atoms with Gasteiger partial charge in [-0.2, -0.15) is 0 Å². The van der Waals surface area contributed by atoms with Crippen molar-refractivity contribution in [1.82, 2.24) is 0 Å². The van der Waals surface area contributed by atoms with Gasteiger partial charge in [0, 0.05) is 12.8 Å². The molecule has 1 aliphatic carbocycles. The lowest BCUT2D eigenvalue weighted by atomic mass is 10.0. The SMILES string of the molecule is CCC(=O)C[C@@H]1C=CCC1. The van der Waals surface area contributed by atoms with Gasteiger partial charge >= 0.3 is 0 Å². The largest absolute Gasteiger partial charge is 0.300 e. The molecule has 1 heteroatoms. The maximum atomic E-state index is 10.9. The minimum atomic E-state index is 0.400. The average molecular weight is 138 g/mol. The summed E-state index contributed by atoms with van der Waals surface area (Å²) in [5.41, 5.74) is 0. The predicted octanol–water partition coefficient (Wildman–Crippen LogP) is 2.32. The molecule has 0 saturated heterocycles. The standard InChI is InChI=1S/C9H14O/c1-2-9(10)7-8-5-3-4-6-8/h3,5,8H,2,4,6-7H2,1H3/t8-/m1/s1. The molecule has 0 aliphatic heterocycles. The van der Waals surface area contributed by atoms with E-state index in [0.29, 0.717) is 18.1 Å². The highest BCUT2D eigenvalue weighted by atomic mass is 16.1. The Labute approximate surface area is 62.1 Å². The molecule has 0 heterocycles. The van der Waals surface area contributed by atoms with Crippen LogP contribution < -0.4 is 0 Å². The van der Waals surface area contributed by atoms with Crippen LogP contribution in [0.1, 0.15) is 32.6 Å². The molecule has 1 atom stereocenters. The molecule has 1 nitrogen and oxygen atoms in total. The van der Waals surface area contributed by atoms with Gasteiger partial charge in [-0.05, 0) is 18.8 Å². The third-order valence-corrected chi connectivity index (χ3v) is 2.00. The summed E-state index contributed by atoms with van der Waals surface area (Å²) in [5.74, 6) is 0.962. The van der Waals surface area contributed by atoms with Crippen LogP contribution in [0.3, 0.4) is 0 Å². The van der Waals surface area contributed by atoms with Crippen molar-refractivity contribution in [2.45, 2.75) is 32.6 Å². The average Bonchev–Trinajstić information content (AvgIpc) is 2.40. The maximum Gasteiger partial charge on any atom is 0.133 e. The second-order valence-electron chi connectivity index (χ2n) is 2.86. The van der Waals surface area contributed by atoms with E-state index in [9.17, 15) is 4.79 Å². The highest BCUT2D eigenvalue weighted by Gasteiger charge is 2.11. The van der Waals surface area contributed by atoms with Crippen LogP contribution in [0.15, 0.2) is 12.2 Å². The molecule has 10 heavy (non-hydrogen) atoms. The second-order valence-corrected chi connectivity index (χ2v) is 2.86. The van der Waals surface area contributed by atoms with Crippen molar-refractivity contribution < 1.29 is 4.79 Å². The molecule has 56 valence electrons. The van der Waals surface area contributed by atoms with Crippen molar-refractivity contribution in [3.63, 3.8) is 0 Å². The fourth-order valence-corrected chi connectivity index (χ4v) is 1.30. The van der Waals surface area contributed by atoms with Crippen LogP contribution in [0.5, 0.6) is 0 Å². The van der Waals surface area contributed by atoms with Gasteiger partial charge in [0.05, 0.1) is 0 Å². The third kappa shape index (κ3) is 1.98. The third-order valence-electron chi connectivity index (χ3n) is 2.00. The fourth-order valence-electron chi connectivity index (χ4n) is 1.30. The second kappa shape index (κ2) is 3.55. The summed E-state index contributed by atoms with van der Waals surface area (Å²) in [6, 6.07) is 0. The number of hydrogen-bond donors (Lipinski definition) is 0. The summed E-state index contributed by atoms with van der Waals surface area (Å²) in [4.78, 5) is 10.9. The highest BCUT2D eigenvalue weighted by molar-refractivity contribution is 5.78. The van der Waals surface area contributed by atoms with Gasteiger partial charge in [0.1, 0.15) is 5.78 Å². The zero-order valence-corrected chi connectivity index (χ0v) is 6.47. The van der Waals surface area contributed by atoms with Crippen LogP contribution in [0.25, 0.3) is 0 Å². The van der Waals surface area contributed by atoms with E-state index in [1.165, 1.54) is 12.8 Å². The van der Waals surface area contributed by atoms with Crippen LogP contribution >= 0.6 is 0 Å². The Bertz CT molecular complexity index is 147. The summed E-state index contributed by atoms with van der Waals surface area (Å²) in [5, 5.41) is 0. The van der Waals surface area contributed by atoms with E-state index >= 15 is 0 Å². The first-order valence-electron chi connectivity index (χ1n) is 4.01. The monoisotopic (exact) mass is 138 g/mol. The van der Waals surface area contributed by atoms with Gasteiger partial charge in [0.25, 0.3) is 0 Å². The molecule has 0 aromatic carbocycles. The van der Waals surface area contributed by atoms with E-state index in [4.69, 9.17) is 0 Å². The van der Waals surface area contributed by atoms with E-state index in [0.717, 1.165) is 6.42 Å². The molecule has 0 N–H and O–H groups in total. The Morgan fingerprint density at radius 1 is 1.70 bits per heavy atom. The summed E-state index contributed by atoms with van der Waals surface area (Å²) >= 11 is 0. The predicted molar refractivity (Wildman–Crippen MR) is 41.8 cm³/mol. The maximum absolute atomic E-state index is 10.9. The van der Waals surface area contributed by atoms with Crippen molar-refractivity contribution in [2.24, 2.45) is 5.92 Å². The van der Waals surface area contributed by atoms with Crippen LogP contribution in [-0.2, 0) is 4.79 Å². The Morgan fingerprint density at radius 3 is 3.00 bits per heavy atom. The Kier molecular flexibility index (Phi) is 2.67. The van der Waals surface area contributed by atoms with E-state index in [1.54, 1.807) is 0 Å². The molecule has 1 rings (SSSR count). The first-order valence-corrected chi connectivity index (χ1v) is 4.01. The molecule has 0 unspecified atom stereocenters. The highest BCUT2D eigenvalue weighted by Crippen LogP contribution is 2.20. The molecular formula is C9H14O. The van der Waals surface area contributed by atoms with Gasteiger partial charge in [-0.3, -0.25) is 4.79 Å². The van der Waals surface area contributed by atoms with Gasteiger partial charge < -0.3 is 0 Å². The van der Waals surface area contributed by atoms with Gasteiger partial charge in [-0.25, -0.2) is 0 Å². The summed E-state index contributed by atoms with van der Waals surface area (Å²) in [7, 11) is 0. The summed E-state index contributed by atoms with van der Waals surface area (Å²) < 4.78 is 0. The number of rotatable bonds is 3. The minimum absolute atomic E-state index is 0.400. The van der Waals surface area contributed by atoms with Crippen molar-refractivity contribution in [3.8, 4) is 0 Å². The topological polar surface area (TPSA) is 17.1 Å². The van der Waals surface area contributed by atoms with E-state index in [-0.39, 0.29) is 0 Å². The van der Waals surface area contributed by atoms with E-state index in [1.807, 2.05) is 6.92 Å². The molecule has 0 bridgehead atoms. The molecule has 0 amide bonds. The van der Waals surface area contributed by atoms with Gasteiger partial charge in [0.15, 0.2) is 0 Å². The number of carbonyl (C=O) groups excluding carboxylic acids is 1. The number of Topliss-reactive ketones (excluding diaryl/α,β-unsaturated/α-hetero) is 1. The Balaban J connectivity index is 2.24. The molecular weight excluding hydrogens is 124 g/mol. The molecule has 0 radical (unpaired) electrons. The summed E-state index contributed by atoms with van der Waals surface area (Å²) in [6.07, 6.45) is 8.17. The minimum Gasteiger partial charge on any atom is -0.300 e. The van der Waals surface area contributed by atoms with Crippen molar-refractivity contribution in [1.29, 1.82) is 0 Å². The normalized spacial score (nSPS) is 23.5. The number of hydrogen-bond acceptors (Lipinski definition) is 1. The van der Waals surface area contributed by atoms with Crippen LogP contribution in [0.2, 0.25) is 0 Å². The Hall–Kier alpha value is -0.590. The van der Waals surface area contributed by atoms with Crippen LogP contribution in [-0.4, -0.2) is 5.78 Å². The van der Waals surface area contributed by atoms with E-state index < -0.39 is 0 Å². The fraction of sp³-hybridized carbons (Fsp3) is 0.667. The van der Waals surface area contributed by atoms with Gasteiger partial charge in [0.2, 0.25) is 0 Å². The van der Waals surface area contributed by atoms with Crippen molar-refractivity contribution in [2.75, 3.05) is 0 Å². The molecule has 0 aromatic heterocycles. The quantitative estimate of drug-likeness (QED) is 0.547. The number of allylic oxidation sites excluding steroid dienone is 2. The van der Waals surface area contributed by atoms with E-state index in [2.05, 4.69) is 12.2 Å². The van der Waals surface area contributed by atoms with Crippen molar-refractivity contribution >= 4 is 5.78 Å². The molecule has 0 saturated carbocycles. The zero-order chi connectivity index (χ0) is 7.40. The molecule has 0 aromatic rings. The zero-order valence-electron chi connectivity index (χ0n) is 6.47. The van der Waals surface area contributed by atoms with Crippen molar-refractivity contribution in [3.05, 3.63) is 12.2 Å². The van der Waals surface area contributed by atoms with Crippen LogP contribution in [0, 0.1) is 5.92 Å². The molecule has 0 spiro atoms. The Morgan fingerprint density at radius 2 is 2.50 bits per heavy atom. The number of carbonyl (C=O) groups is 1. The first kappa shape index (κ1) is 7.52. The lowest BCUT2D eigenvalue weighted by molar-refractivity contribution is -0.119.